The number of thiol groups is 1. The van der Waals surface area contributed by atoms with Crippen molar-refractivity contribution >= 4 is 35.8 Å². The molecular weight excluding hydrogens is 285 g/mol. The standard InChI is InChI=1S/C14H11ClFNOS/c1-8-2-3-12(19)7-13(8)14(18)17-11-5-9(15)4-10(16)6-11/h2-7,19H,1H3,(H,17,18). The lowest BCUT2D eigenvalue weighted by atomic mass is 10.1. The molecule has 1 N–H and O–H groups in total. The Labute approximate surface area is 121 Å². The number of amides is 1. The van der Waals surface area contributed by atoms with Crippen LogP contribution in [0.3, 0.4) is 0 Å². The third-order valence-electron chi connectivity index (χ3n) is 2.59. The van der Waals surface area contributed by atoms with E-state index >= 15 is 0 Å². The number of halogens is 2. The van der Waals surface area contributed by atoms with Crippen LogP contribution < -0.4 is 5.32 Å². The Morgan fingerprint density at radius 3 is 2.68 bits per heavy atom. The summed E-state index contributed by atoms with van der Waals surface area (Å²) in [5.41, 5.74) is 1.63. The van der Waals surface area contributed by atoms with Crippen LogP contribution in [0, 0.1) is 12.7 Å². The molecule has 2 aromatic rings. The zero-order chi connectivity index (χ0) is 14.0. The Kier molecular flexibility index (Phi) is 4.12. The lowest BCUT2D eigenvalue weighted by Gasteiger charge is -2.09. The van der Waals surface area contributed by atoms with Gasteiger partial charge in [-0.1, -0.05) is 17.7 Å². The second-order valence-corrected chi connectivity index (χ2v) is 5.06. The van der Waals surface area contributed by atoms with Gasteiger partial charge in [0, 0.05) is 21.2 Å². The van der Waals surface area contributed by atoms with Crippen molar-refractivity contribution < 1.29 is 9.18 Å². The van der Waals surface area contributed by atoms with Crippen molar-refractivity contribution in [3.8, 4) is 0 Å². The zero-order valence-electron chi connectivity index (χ0n) is 10.1. The summed E-state index contributed by atoms with van der Waals surface area (Å²) in [4.78, 5) is 12.8. The van der Waals surface area contributed by atoms with Crippen LogP contribution in [-0.2, 0) is 0 Å². The van der Waals surface area contributed by atoms with E-state index in [4.69, 9.17) is 11.6 Å². The van der Waals surface area contributed by atoms with Crippen LogP contribution in [0.2, 0.25) is 5.02 Å². The number of benzene rings is 2. The molecule has 2 nitrogen and oxygen atoms in total. The third kappa shape index (κ3) is 3.49. The highest BCUT2D eigenvalue weighted by atomic mass is 35.5. The van der Waals surface area contributed by atoms with Crippen molar-refractivity contribution in [2.75, 3.05) is 5.32 Å². The van der Waals surface area contributed by atoms with Gasteiger partial charge in [0.1, 0.15) is 5.82 Å². The lowest BCUT2D eigenvalue weighted by molar-refractivity contribution is 0.102. The molecule has 0 aliphatic heterocycles. The molecule has 2 aromatic carbocycles. The first-order valence-electron chi connectivity index (χ1n) is 5.53. The molecule has 0 fully saturated rings. The maximum atomic E-state index is 13.2. The predicted octanol–water partition coefficient (Wildman–Crippen LogP) is 4.33. The first-order valence-corrected chi connectivity index (χ1v) is 6.35. The molecule has 0 aliphatic rings. The first-order chi connectivity index (χ1) is 8.95. The van der Waals surface area contributed by atoms with Crippen molar-refractivity contribution in [3.63, 3.8) is 0 Å². The van der Waals surface area contributed by atoms with Gasteiger partial charge in [-0.15, -0.1) is 12.6 Å². The number of carbonyl (C=O) groups is 1. The zero-order valence-corrected chi connectivity index (χ0v) is 11.7. The summed E-state index contributed by atoms with van der Waals surface area (Å²) in [7, 11) is 0. The van der Waals surface area contributed by atoms with Crippen LogP contribution in [0.5, 0.6) is 0 Å². The number of carbonyl (C=O) groups excluding carboxylic acids is 1. The second kappa shape index (κ2) is 5.63. The molecule has 0 bridgehead atoms. The Morgan fingerprint density at radius 1 is 1.26 bits per heavy atom. The largest absolute Gasteiger partial charge is 0.322 e. The molecule has 0 unspecified atom stereocenters. The Balaban J connectivity index is 2.28. The van der Waals surface area contributed by atoms with Gasteiger partial charge in [-0.2, -0.15) is 0 Å². The van der Waals surface area contributed by atoms with E-state index in [0.29, 0.717) is 16.1 Å². The molecule has 98 valence electrons. The summed E-state index contributed by atoms with van der Waals surface area (Å²) < 4.78 is 13.2. The summed E-state index contributed by atoms with van der Waals surface area (Å²) in [6, 6.07) is 9.14. The molecule has 0 saturated heterocycles. The number of anilines is 1. The van der Waals surface area contributed by atoms with Crippen LogP contribution >= 0.6 is 24.2 Å². The topological polar surface area (TPSA) is 29.1 Å². The fourth-order valence-electron chi connectivity index (χ4n) is 1.68. The van der Waals surface area contributed by atoms with E-state index in [1.807, 2.05) is 6.92 Å². The van der Waals surface area contributed by atoms with Crippen LogP contribution in [0.25, 0.3) is 0 Å². The molecule has 5 heteroatoms. The van der Waals surface area contributed by atoms with Crippen LogP contribution in [-0.4, -0.2) is 5.91 Å². The molecular formula is C14H11ClFNOS. The quantitative estimate of drug-likeness (QED) is 0.793. The maximum absolute atomic E-state index is 13.2. The average molecular weight is 296 g/mol. The number of nitrogens with one attached hydrogen (secondary N) is 1. The van der Waals surface area contributed by atoms with Gasteiger partial charge in [0.25, 0.3) is 5.91 Å². The molecule has 19 heavy (non-hydrogen) atoms. The Hall–Kier alpha value is -1.52. The number of hydrogen-bond donors (Lipinski definition) is 2. The highest BCUT2D eigenvalue weighted by molar-refractivity contribution is 7.80. The minimum absolute atomic E-state index is 0.231. The second-order valence-electron chi connectivity index (χ2n) is 4.11. The van der Waals surface area contributed by atoms with Gasteiger partial charge in [0.15, 0.2) is 0 Å². The van der Waals surface area contributed by atoms with E-state index < -0.39 is 5.82 Å². The highest BCUT2D eigenvalue weighted by Gasteiger charge is 2.10. The molecule has 0 spiro atoms. The molecule has 0 saturated carbocycles. The first kappa shape index (κ1) is 13.9. The van der Waals surface area contributed by atoms with Crippen molar-refractivity contribution in [2.24, 2.45) is 0 Å². The van der Waals surface area contributed by atoms with Crippen LogP contribution in [0.1, 0.15) is 15.9 Å². The summed E-state index contributed by atoms with van der Waals surface area (Å²) in [5.74, 6) is -0.822. The molecule has 0 aromatic heterocycles. The fraction of sp³-hybridized carbons (Fsp3) is 0.0714. The third-order valence-corrected chi connectivity index (χ3v) is 3.08. The normalized spacial score (nSPS) is 10.3. The molecule has 0 aliphatic carbocycles. The van der Waals surface area contributed by atoms with Gasteiger partial charge >= 0.3 is 0 Å². The number of hydrogen-bond acceptors (Lipinski definition) is 2. The van der Waals surface area contributed by atoms with Gasteiger partial charge in [0.05, 0.1) is 0 Å². The smallest absolute Gasteiger partial charge is 0.255 e. The maximum Gasteiger partial charge on any atom is 0.255 e. The SMILES string of the molecule is Cc1ccc(S)cc1C(=O)Nc1cc(F)cc(Cl)c1. The van der Waals surface area contributed by atoms with E-state index in [-0.39, 0.29) is 10.9 Å². The van der Waals surface area contributed by atoms with Crippen LogP contribution in [0.15, 0.2) is 41.3 Å². The van der Waals surface area contributed by atoms with Gasteiger partial charge in [-0.05, 0) is 42.8 Å². The number of aryl methyl sites for hydroxylation is 1. The lowest BCUT2D eigenvalue weighted by Crippen LogP contribution is -2.13. The van der Waals surface area contributed by atoms with E-state index in [0.717, 1.165) is 5.56 Å². The predicted molar refractivity (Wildman–Crippen MR) is 77.8 cm³/mol. The van der Waals surface area contributed by atoms with E-state index in [1.165, 1.54) is 18.2 Å². The average Bonchev–Trinajstić information content (AvgIpc) is 2.30. The van der Waals surface area contributed by atoms with E-state index in [2.05, 4.69) is 17.9 Å². The minimum atomic E-state index is -0.498. The van der Waals surface area contributed by atoms with E-state index in [9.17, 15) is 9.18 Å². The minimum Gasteiger partial charge on any atom is -0.322 e. The summed E-state index contributed by atoms with van der Waals surface area (Å²) >= 11 is 9.93. The molecule has 1 amide bonds. The van der Waals surface area contributed by atoms with Crippen molar-refractivity contribution in [1.29, 1.82) is 0 Å². The Morgan fingerprint density at radius 2 is 2.00 bits per heavy atom. The molecule has 0 heterocycles. The highest BCUT2D eigenvalue weighted by Crippen LogP contribution is 2.20. The molecule has 2 rings (SSSR count). The van der Waals surface area contributed by atoms with Gasteiger partial charge in [-0.25, -0.2) is 4.39 Å². The monoisotopic (exact) mass is 295 g/mol. The summed E-state index contributed by atoms with van der Waals surface area (Å²) in [6.07, 6.45) is 0. The summed E-state index contributed by atoms with van der Waals surface area (Å²) in [5, 5.41) is 2.84. The van der Waals surface area contributed by atoms with Crippen molar-refractivity contribution in [3.05, 3.63) is 58.4 Å². The number of rotatable bonds is 2. The van der Waals surface area contributed by atoms with E-state index in [1.54, 1.807) is 18.2 Å². The fourth-order valence-corrected chi connectivity index (χ4v) is 2.10. The van der Waals surface area contributed by atoms with Crippen molar-refractivity contribution in [1.82, 2.24) is 0 Å². The van der Waals surface area contributed by atoms with Gasteiger partial charge in [-0.3, -0.25) is 4.79 Å². The summed E-state index contributed by atoms with van der Waals surface area (Å²) in [6.45, 7) is 1.82. The Bertz CT molecular complexity index is 625. The van der Waals surface area contributed by atoms with Gasteiger partial charge in [0.2, 0.25) is 0 Å². The van der Waals surface area contributed by atoms with Crippen molar-refractivity contribution in [2.45, 2.75) is 11.8 Å². The van der Waals surface area contributed by atoms with Crippen LogP contribution in [0.4, 0.5) is 10.1 Å². The molecule has 0 radical (unpaired) electrons. The van der Waals surface area contributed by atoms with Gasteiger partial charge < -0.3 is 5.32 Å². The molecule has 0 atom stereocenters.